The molecule has 0 aliphatic heterocycles. The normalized spacial score (nSPS) is 12.4. The van der Waals surface area contributed by atoms with Gasteiger partial charge in [0.2, 0.25) is 11.8 Å². The number of amides is 2. The summed E-state index contributed by atoms with van der Waals surface area (Å²) in [5.74, 6) is -2.73. The number of fused-ring (bicyclic) bond motifs is 1. The van der Waals surface area contributed by atoms with E-state index in [1.165, 1.54) is 18.1 Å². The van der Waals surface area contributed by atoms with Crippen molar-refractivity contribution in [1.82, 2.24) is 10.2 Å². The number of unbranched alkanes of at least 4 members (excludes halogenated alkanes) is 2. The van der Waals surface area contributed by atoms with Crippen LogP contribution in [0.3, 0.4) is 0 Å². The van der Waals surface area contributed by atoms with Crippen LogP contribution in [-0.2, 0) is 29.0 Å². The number of benzene rings is 2. The molecule has 2 amide bonds. The van der Waals surface area contributed by atoms with Crippen LogP contribution in [0.2, 0.25) is 0 Å². The average Bonchev–Trinajstić information content (AvgIpc) is 2.84. The molecule has 1 atom stereocenters. The van der Waals surface area contributed by atoms with Gasteiger partial charge in [0.15, 0.2) is 9.84 Å². The van der Waals surface area contributed by atoms with E-state index in [4.69, 9.17) is 4.74 Å². The minimum atomic E-state index is -3.86. The number of carbonyl (C=O) groups excluding carboxylic acids is 3. The SMILES string of the molecule is CCCCCN(CC(=O)NC(C)C)C(=O)C(CCC(=O)OC)CS(=O)(=O)c1ccc2ccccc2c1. The Balaban J connectivity index is 2.33. The summed E-state index contributed by atoms with van der Waals surface area (Å²) in [7, 11) is -2.61. The Morgan fingerprint density at radius 3 is 2.36 bits per heavy atom. The number of hydrogen-bond donors (Lipinski definition) is 1. The summed E-state index contributed by atoms with van der Waals surface area (Å²) in [4.78, 5) is 39.5. The number of hydrogen-bond acceptors (Lipinski definition) is 6. The standard InChI is InChI=1S/C27H38N2O6S/c1-5-6-9-16-29(18-25(30)28-20(2)3)27(32)23(13-15-26(31)35-4)19-36(33,34)24-14-12-21-10-7-8-11-22(21)17-24/h7-8,10-12,14,17,20,23H,5-6,9,13,15-16,18-19H2,1-4H3,(H,28,30). The van der Waals surface area contributed by atoms with E-state index in [-0.39, 0.29) is 36.2 Å². The van der Waals surface area contributed by atoms with Gasteiger partial charge in [-0.1, -0.05) is 50.1 Å². The zero-order valence-electron chi connectivity index (χ0n) is 21.7. The first-order valence-electron chi connectivity index (χ1n) is 12.4. The fourth-order valence-electron chi connectivity index (χ4n) is 4.01. The van der Waals surface area contributed by atoms with E-state index in [0.717, 1.165) is 23.6 Å². The molecule has 36 heavy (non-hydrogen) atoms. The van der Waals surface area contributed by atoms with Crippen molar-refractivity contribution < 1.29 is 27.5 Å². The van der Waals surface area contributed by atoms with Crippen LogP contribution in [0, 0.1) is 5.92 Å². The van der Waals surface area contributed by atoms with Gasteiger partial charge in [0.05, 0.1) is 30.2 Å². The first-order chi connectivity index (χ1) is 17.1. The topological polar surface area (TPSA) is 110 Å². The molecule has 1 unspecified atom stereocenters. The lowest BCUT2D eigenvalue weighted by Gasteiger charge is -2.27. The molecule has 0 saturated heterocycles. The highest BCUT2D eigenvalue weighted by molar-refractivity contribution is 7.91. The molecule has 198 valence electrons. The molecule has 2 rings (SSSR count). The van der Waals surface area contributed by atoms with Crippen LogP contribution in [-0.4, -0.2) is 63.1 Å². The fourth-order valence-corrected chi connectivity index (χ4v) is 5.63. The third-order valence-corrected chi connectivity index (χ3v) is 7.72. The van der Waals surface area contributed by atoms with E-state index < -0.39 is 33.4 Å². The van der Waals surface area contributed by atoms with Crippen LogP contribution < -0.4 is 5.32 Å². The summed E-state index contributed by atoms with van der Waals surface area (Å²) in [6, 6.07) is 12.2. The highest BCUT2D eigenvalue weighted by Gasteiger charge is 2.31. The monoisotopic (exact) mass is 518 g/mol. The van der Waals surface area contributed by atoms with E-state index in [1.54, 1.807) is 12.1 Å². The number of sulfone groups is 1. The number of nitrogens with one attached hydrogen (secondary N) is 1. The molecule has 0 aromatic heterocycles. The number of nitrogens with zero attached hydrogens (tertiary/aromatic N) is 1. The van der Waals surface area contributed by atoms with Crippen molar-refractivity contribution in [2.75, 3.05) is 26.0 Å². The number of rotatable bonds is 14. The Labute approximate surface area is 214 Å². The maximum absolute atomic E-state index is 13.6. The van der Waals surface area contributed by atoms with E-state index in [2.05, 4.69) is 5.32 Å². The molecular weight excluding hydrogens is 480 g/mol. The Morgan fingerprint density at radius 2 is 1.72 bits per heavy atom. The third kappa shape index (κ3) is 8.93. The van der Waals surface area contributed by atoms with Crippen molar-refractivity contribution in [3.8, 4) is 0 Å². The van der Waals surface area contributed by atoms with Gasteiger partial charge in [-0.15, -0.1) is 0 Å². The van der Waals surface area contributed by atoms with E-state index in [0.29, 0.717) is 13.0 Å². The third-order valence-electron chi connectivity index (χ3n) is 5.90. The van der Waals surface area contributed by atoms with Gasteiger partial charge < -0.3 is 15.0 Å². The van der Waals surface area contributed by atoms with Gasteiger partial charge in [-0.3, -0.25) is 14.4 Å². The van der Waals surface area contributed by atoms with Gasteiger partial charge in [0, 0.05) is 19.0 Å². The van der Waals surface area contributed by atoms with Crippen LogP contribution in [0.1, 0.15) is 52.9 Å². The van der Waals surface area contributed by atoms with Crippen molar-refractivity contribution >= 4 is 38.4 Å². The predicted molar refractivity (Wildman–Crippen MR) is 140 cm³/mol. The Hall–Kier alpha value is -2.94. The highest BCUT2D eigenvalue weighted by atomic mass is 32.2. The summed E-state index contributed by atoms with van der Waals surface area (Å²) in [5, 5.41) is 4.47. The second kappa shape index (κ2) is 14.0. The van der Waals surface area contributed by atoms with Gasteiger partial charge in [-0.05, 0) is 49.6 Å². The summed E-state index contributed by atoms with van der Waals surface area (Å²) in [5.41, 5.74) is 0. The largest absolute Gasteiger partial charge is 0.469 e. The molecule has 2 aromatic rings. The summed E-state index contributed by atoms with van der Waals surface area (Å²) in [6.07, 6.45) is 2.41. The summed E-state index contributed by atoms with van der Waals surface area (Å²) >= 11 is 0. The maximum Gasteiger partial charge on any atom is 0.305 e. The number of esters is 1. The number of ether oxygens (including phenoxy) is 1. The lowest BCUT2D eigenvalue weighted by molar-refractivity contribution is -0.142. The molecule has 9 heteroatoms. The first kappa shape index (κ1) is 29.3. The first-order valence-corrected chi connectivity index (χ1v) is 14.1. The predicted octanol–water partition coefficient (Wildman–Crippen LogP) is 3.73. The summed E-state index contributed by atoms with van der Waals surface area (Å²) < 4.78 is 31.5. The van der Waals surface area contributed by atoms with Crippen molar-refractivity contribution in [3.63, 3.8) is 0 Å². The zero-order chi connectivity index (χ0) is 26.7. The van der Waals surface area contributed by atoms with Gasteiger partial charge in [0.25, 0.3) is 0 Å². The van der Waals surface area contributed by atoms with Crippen LogP contribution >= 0.6 is 0 Å². The molecule has 2 aromatic carbocycles. The molecule has 0 fully saturated rings. The maximum atomic E-state index is 13.6. The smallest absolute Gasteiger partial charge is 0.305 e. The lowest BCUT2D eigenvalue weighted by Crippen LogP contribution is -2.46. The second-order valence-electron chi connectivity index (χ2n) is 9.29. The molecule has 0 aliphatic rings. The van der Waals surface area contributed by atoms with Crippen LogP contribution in [0.15, 0.2) is 47.4 Å². The molecule has 1 N–H and O–H groups in total. The molecule has 0 aliphatic carbocycles. The Bertz CT molecular complexity index is 1150. The minimum absolute atomic E-state index is 0.00833. The highest BCUT2D eigenvalue weighted by Crippen LogP contribution is 2.24. The van der Waals surface area contributed by atoms with Crippen molar-refractivity contribution in [1.29, 1.82) is 0 Å². The van der Waals surface area contributed by atoms with Gasteiger partial charge in [-0.25, -0.2) is 8.42 Å². The van der Waals surface area contributed by atoms with E-state index in [1.807, 2.05) is 45.0 Å². The minimum Gasteiger partial charge on any atom is -0.469 e. The van der Waals surface area contributed by atoms with Gasteiger partial charge in [0.1, 0.15) is 0 Å². The van der Waals surface area contributed by atoms with Crippen LogP contribution in [0.5, 0.6) is 0 Å². The van der Waals surface area contributed by atoms with Crippen LogP contribution in [0.4, 0.5) is 0 Å². The Morgan fingerprint density at radius 1 is 1.03 bits per heavy atom. The van der Waals surface area contributed by atoms with Crippen molar-refractivity contribution in [2.24, 2.45) is 5.92 Å². The quantitative estimate of drug-likeness (QED) is 0.301. The zero-order valence-corrected chi connectivity index (χ0v) is 22.5. The molecule has 0 saturated carbocycles. The van der Waals surface area contributed by atoms with Gasteiger partial charge >= 0.3 is 5.97 Å². The van der Waals surface area contributed by atoms with E-state index >= 15 is 0 Å². The van der Waals surface area contributed by atoms with E-state index in [9.17, 15) is 22.8 Å². The second-order valence-corrected chi connectivity index (χ2v) is 11.3. The van der Waals surface area contributed by atoms with Gasteiger partial charge in [-0.2, -0.15) is 0 Å². The number of methoxy groups -OCH3 is 1. The van der Waals surface area contributed by atoms with Crippen molar-refractivity contribution in [3.05, 3.63) is 42.5 Å². The lowest BCUT2D eigenvalue weighted by atomic mass is 10.0. The molecule has 0 radical (unpaired) electrons. The molecule has 0 spiro atoms. The molecule has 0 bridgehead atoms. The summed E-state index contributed by atoms with van der Waals surface area (Å²) in [6.45, 7) is 5.87. The molecule has 0 heterocycles. The average molecular weight is 519 g/mol. The number of carbonyl (C=O) groups is 3. The Kier molecular flexibility index (Phi) is 11.4. The van der Waals surface area contributed by atoms with Crippen molar-refractivity contribution in [2.45, 2.75) is 63.8 Å². The molecular formula is C27H38N2O6S. The van der Waals surface area contributed by atoms with Crippen LogP contribution in [0.25, 0.3) is 10.8 Å². The molecule has 8 nitrogen and oxygen atoms in total. The fraction of sp³-hybridized carbons (Fsp3) is 0.519.